The van der Waals surface area contributed by atoms with Gasteiger partial charge in [-0.05, 0) is 12.3 Å². The third-order valence-corrected chi connectivity index (χ3v) is 1.91. The maximum atomic E-state index is 8.91. The third-order valence-electron chi connectivity index (χ3n) is 1.91. The fourth-order valence-electron chi connectivity index (χ4n) is 1.08. The Morgan fingerprint density at radius 2 is 2.33 bits per heavy atom. The molecule has 1 N–H and O–H groups in total. The molecule has 0 aromatic carbocycles. The van der Waals surface area contributed by atoms with E-state index in [1.807, 2.05) is 4.57 Å². The molecule has 68 valence electrons. The van der Waals surface area contributed by atoms with Crippen LogP contribution in [0.25, 0.3) is 0 Å². The lowest BCUT2D eigenvalue weighted by Crippen LogP contribution is -2.04. The lowest BCUT2D eigenvalue weighted by molar-refractivity contribution is 0.269. The molecule has 0 aliphatic rings. The number of nitrogens with zero attached hydrogens (tertiary/aromatic N) is 2. The van der Waals surface area contributed by atoms with E-state index in [9.17, 15) is 0 Å². The Morgan fingerprint density at radius 3 is 2.92 bits per heavy atom. The average molecular weight is 168 g/mol. The molecule has 12 heavy (non-hydrogen) atoms. The molecule has 0 saturated carbocycles. The number of aliphatic hydroxyl groups excluding tert-OH is 1. The first-order chi connectivity index (χ1) is 5.74. The van der Waals surface area contributed by atoms with Gasteiger partial charge in [-0.3, -0.25) is 0 Å². The second-order valence-corrected chi connectivity index (χ2v) is 3.42. The van der Waals surface area contributed by atoms with Crippen LogP contribution in [0.4, 0.5) is 0 Å². The summed E-state index contributed by atoms with van der Waals surface area (Å²) in [5.41, 5.74) is 0.899. The van der Waals surface area contributed by atoms with Crippen molar-refractivity contribution in [3.05, 3.63) is 18.2 Å². The van der Waals surface area contributed by atoms with Gasteiger partial charge in [0, 0.05) is 6.54 Å². The van der Waals surface area contributed by atoms with Crippen LogP contribution >= 0.6 is 0 Å². The highest BCUT2D eigenvalue weighted by atomic mass is 16.3. The van der Waals surface area contributed by atoms with E-state index < -0.39 is 0 Å². The van der Waals surface area contributed by atoms with E-state index in [2.05, 4.69) is 18.8 Å². The molecule has 0 fully saturated rings. The van der Waals surface area contributed by atoms with Crippen molar-refractivity contribution in [1.82, 2.24) is 9.55 Å². The van der Waals surface area contributed by atoms with E-state index in [0.717, 1.165) is 18.7 Å². The van der Waals surface area contributed by atoms with Crippen LogP contribution in [-0.2, 0) is 13.2 Å². The van der Waals surface area contributed by atoms with Crippen LogP contribution in [0.1, 0.15) is 26.0 Å². The van der Waals surface area contributed by atoms with Crippen LogP contribution < -0.4 is 0 Å². The van der Waals surface area contributed by atoms with Crippen LogP contribution in [0, 0.1) is 5.92 Å². The maximum Gasteiger partial charge on any atom is 0.0948 e. The molecule has 1 rings (SSSR count). The number of hydrogen-bond donors (Lipinski definition) is 1. The predicted octanol–water partition coefficient (Wildman–Crippen LogP) is 1.42. The van der Waals surface area contributed by atoms with Gasteiger partial charge >= 0.3 is 0 Å². The van der Waals surface area contributed by atoms with Crippen molar-refractivity contribution in [2.75, 3.05) is 0 Å². The highest BCUT2D eigenvalue weighted by Crippen LogP contribution is 2.05. The van der Waals surface area contributed by atoms with E-state index in [1.165, 1.54) is 0 Å². The van der Waals surface area contributed by atoms with Gasteiger partial charge < -0.3 is 9.67 Å². The lowest BCUT2D eigenvalue weighted by atomic mass is 10.1. The fourth-order valence-corrected chi connectivity index (χ4v) is 1.08. The summed E-state index contributed by atoms with van der Waals surface area (Å²) in [5.74, 6) is 0.693. The van der Waals surface area contributed by atoms with Gasteiger partial charge in [0.25, 0.3) is 0 Å². The zero-order valence-electron chi connectivity index (χ0n) is 7.70. The summed E-state index contributed by atoms with van der Waals surface area (Å²) in [5, 5.41) is 8.91. The van der Waals surface area contributed by atoms with Crippen molar-refractivity contribution in [2.45, 2.75) is 33.4 Å². The molecule has 0 spiro atoms. The summed E-state index contributed by atoms with van der Waals surface area (Å²) in [6, 6.07) is 0. The molecule has 3 nitrogen and oxygen atoms in total. The normalized spacial score (nSPS) is 11.0. The lowest BCUT2D eigenvalue weighted by Gasteiger charge is -2.07. The highest BCUT2D eigenvalue weighted by Gasteiger charge is 2.00. The first-order valence-electron chi connectivity index (χ1n) is 4.34. The van der Waals surface area contributed by atoms with Crippen molar-refractivity contribution < 1.29 is 5.11 Å². The summed E-state index contributed by atoms with van der Waals surface area (Å²) < 4.78 is 2.00. The second-order valence-electron chi connectivity index (χ2n) is 3.42. The number of imidazole rings is 1. The second kappa shape index (κ2) is 4.26. The molecule has 0 radical (unpaired) electrons. The van der Waals surface area contributed by atoms with Gasteiger partial charge in [-0.1, -0.05) is 13.8 Å². The Morgan fingerprint density at radius 1 is 1.58 bits per heavy atom. The number of aliphatic hydroxyl groups is 1. The summed E-state index contributed by atoms with van der Waals surface area (Å²) in [6.07, 6.45) is 4.61. The summed E-state index contributed by atoms with van der Waals surface area (Å²) in [4.78, 5) is 3.97. The summed E-state index contributed by atoms with van der Waals surface area (Å²) in [6.45, 7) is 5.41. The van der Waals surface area contributed by atoms with Gasteiger partial charge in [0.15, 0.2) is 0 Å². The zero-order chi connectivity index (χ0) is 8.97. The first-order valence-corrected chi connectivity index (χ1v) is 4.34. The SMILES string of the molecule is CC(C)CCn1cncc1CO. The Balaban J connectivity index is 2.50. The van der Waals surface area contributed by atoms with E-state index in [-0.39, 0.29) is 6.61 Å². The van der Waals surface area contributed by atoms with Crippen molar-refractivity contribution >= 4 is 0 Å². The third kappa shape index (κ3) is 2.34. The molecule has 1 heterocycles. The highest BCUT2D eigenvalue weighted by molar-refractivity contribution is 4.95. The Kier molecular flexibility index (Phi) is 3.29. The molecule has 0 unspecified atom stereocenters. The molecule has 1 aromatic rings. The van der Waals surface area contributed by atoms with Crippen molar-refractivity contribution in [2.24, 2.45) is 5.92 Å². The van der Waals surface area contributed by atoms with Gasteiger partial charge in [-0.25, -0.2) is 4.98 Å². The van der Waals surface area contributed by atoms with Crippen LogP contribution in [-0.4, -0.2) is 14.7 Å². The number of hydrogen-bond acceptors (Lipinski definition) is 2. The van der Waals surface area contributed by atoms with E-state index in [4.69, 9.17) is 5.11 Å². The maximum absolute atomic E-state index is 8.91. The van der Waals surface area contributed by atoms with Crippen molar-refractivity contribution in [3.63, 3.8) is 0 Å². The van der Waals surface area contributed by atoms with Crippen LogP contribution in [0.5, 0.6) is 0 Å². The van der Waals surface area contributed by atoms with Crippen LogP contribution in [0.15, 0.2) is 12.5 Å². The number of aromatic nitrogens is 2. The monoisotopic (exact) mass is 168 g/mol. The number of aryl methyl sites for hydroxylation is 1. The van der Waals surface area contributed by atoms with Gasteiger partial charge in [0.05, 0.1) is 24.8 Å². The van der Waals surface area contributed by atoms with E-state index >= 15 is 0 Å². The standard InChI is InChI=1S/C9H16N2O/c1-8(2)3-4-11-7-10-5-9(11)6-12/h5,7-8,12H,3-4,6H2,1-2H3. The summed E-state index contributed by atoms with van der Waals surface area (Å²) >= 11 is 0. The average Bonchev–Trinajstić information content (AvgIpc) is 2.47. The topological polar surface area (TPSA) is 38.0 Å². The molecule has 0 aliphatic heterocycles. The molecule has 1 aromatic heterocycles. The van der Waals surface area contributed by atoms with E-state index in [1.54, 1.807) is 12.5 Å². The van der Waals surface area contributed by atoms with Crippen LogP contribution in [0.2, 0.25) is 0 Å². The molecular formula is C9H16N2O. The molecule has 0 aliphatic carbocycles. The minimum Gasteiger partial charge on any atom is -0.390 e. The quantitative estimate of drug-likeness (QED) is 0.738. The van der Waals surface area contributed by atoms with Gasteiger partial charge in [-0.15, -0.1) is 0 Å². The van der Waals surface area contributed by atoms with Gasteiger partial charge in [0.1, 0.15) is 0 Å². The first kappa shape index (κ1) is 9.26. The van der Waals surface area contributed by atoms with Gasteiger partial charge in [0.2, 0.25) is 0 Å². The molecular weight excluding hydrogens is 152 g/mol. The molecule has 3 heteroatoms. The Labute approximate surface area is 73.1 Å². The summed E-state index contributed by atoms with van der Waals surface area (Å²) in [7, 11) is 0. The smallest absolute Gasteiger partial charge is 0.0948 e. The van der Waals surface area contributed by atoms with Crippen molar-refractivity contribution in [1.29, 1.82) is 0 Å². The number of rotatable bonds is 4. The Bertz CT molecular complexity index is 230. The largest absolute Gasteiger partial charge is 0.390 e. The van der Waals surface area contributed by atoms with Crippen molar-refractivity contribution in [3.8, 4) is 0 Å². The molecule has 0 bridgehead atoms. The molecule has 0 amide bonds. The Hall–Kier alpha value is -0.830. The minimum atomic E-state index is 0.0814. The predicted molar refractivity (Wildman–Crippen MR) is 47.6 cm³/mol. The molecule has 0 saturated heterocycles. The minimum absolute atomic E-state index is 0.0814. The van der Waals surface area contributed by atoms with E-state index in [0.29, 0.717) is 5.92 Å². The fraction of sp³-hybridized carbons (Fsp3) is 0.667. The molecule has 0 atom stereocenters. The van der Waals surface area contributed by atoms with Gasteiger partial charge in [-0.2, -0.15) is 0 Å². The van der Waals surface area contributed by atoms with Crippen LogP contribution in [0.3, 0.4) is 0 Å². The zero-order valence-corrected chi connectivity index (χ0v) is 7.70.